The van der Waals surface area contributed by atoms with Crippen molar-refractivity contribution >= 4 is 23.2 Å². The lowest BCUT2D eigenvalue weighted by molar-refractivity contribution is -0.132. The number of fused-ring (bicyclic) bond motifs is 1. The molecule has 1 aliphatic heterocycles. The molecule has 0 N–H and O–H groups in total. The number of unbranched alkanes of at least 4 members (excludes halogenated alkanes) is 1. The van der Waals surface area contributed by atoms with E-state index < -0.39 is 5.60 Å². The maximum absolute atomic E-state index is 12.6. The quantitative estimate of drug-likeness (QED) is 0.780. The summed E-state index contributed by atoms with van der Waals surface area (Å²) in [5.74, 6) is 0.649. The summed E-state index contributed by atoms with van der Waals surface area (Å²) in [4.78, 5) is 14.4. The molecule has 0 unspecified atom stereocenters. The lowest BCUT2D eigenvalue weighted by Gasteiger charge is -2.39. The van der Waals surface area contributed by atoms with Gasteiger partial charge in [0, 0.05) is 31.4 Å². The molecule has 1 heterocycles. The summed E-state index contributed by atoms with van der Waals surface area (Å²) in [5, 5.41) is 0.651. The Bertz CT molecular complexity index is 543. The normalized spacial score (nSPS) is 16.6. The van der Waals surface area contributed by atoms with Crippen molar-refractivity contribution in [3.05, 3.63) is 22.7 Å². The topological polar surface area (TPSA) is 38.8 Å². The molecule has 5 heteroatoms. The fourth-order valence-corrected chi connectivity index (χ4v) is 2.59. The zero-order valence-corrected chi connectivity index (χ0v) is 13.8. The van der Waals surface area contributed by atoms with Gasteiger partial charge in [0.25, 0.3) is 5.91 Å². The highest BCUT2D eigenvalue weighted by Gasteiger charge is 2.40. The van der Waals surface area contributed by atoms with E-state index in [-0.39, 0.29) is 5.91 Å². The summed E-state index contributed by atoms with van der Waals surface area (Å²) < 4.78 is 10.9. The summed E-state index contributed by atoms with van der Waals surface area (Å²) in [7, 11) is 1.68. The molecule has 0 bridgehead atoms. The lowest BCUT2D eigenvalue weighted by atomic mass is 10.0. The molecule has 1 aromatic carbocycles. The third kappa shape index (κ3) is 3.33. The summed E-state index contributed by atoms with van der Waals surface area (Å²) in [6.07, 6.45) is 1.81. The van der Waals surface area contributed by atoms with Gasteiger partial charge in [-0.2, -0.15) is 0 Å². The Morgan fingerprint density at radius 3 is 2.71 bits per heavy atom. The van der Waals surface area contributed by atoms with E-state index in [1.807, 2.05) is 13.0 Å². The van der Waals surface area contributed by atoms with Crippen LogP contribution in [-0.4, -0.2) is 31.8 Å². The monoisotopic (exact) mass is 311 g/mol. The van der Waals surface area contributed by atoms with Gasteiger partial charge < -0.3 is 14.4 Å². The molecule has 0 aliphatic carbocycles. The van der Waals surface area contributed by atoms with Crippen molar-refractivity contribution in [3.8, 4) is 5.75 Å². The molecule has 116 valence electrons. The Kier molecular flexibility index (Phi) is 4.79. The minimum absolute atomic E-state index is 0.0193. The van der Waals surface area contributed by atoms with Crippen LogP contribution in [0.15, 0.2) is 12.1 Å². The molecule has 0 fully saturated rings. The fraction of sp³-hybridized carbons (Fsp3) is 0.562. The van der Waals surface area contributed by atoms with Crippen molar-refractivity contribution < 1.29 is 14.3 Å². The Labute approximate surface area is 131 Å². The third-order valence-electron chi connectivity index (χ3n) is 3.64. The molecule has 1 amide bonds. The second kappa shape index (κ2) is 6.24. The fourth-order valence-electron chi connectivity index (χ4n) is 2.43. The number of hydrogen-bond donors (Lipinski definition) is 0. The maximum Gasteiger partial charge on any atom is 0.270 e. The average Bonchev–Trinajstić information content (AvgIpc) is 2.41. The second-order valence-electron chi connectivity index (χ2n) is 5.84. The first-order valence-corrected chi connectivity index (χ1v) is 7.54. The molecule has 1 aliphatic rings. The standard InChI is InChI=1S/C16H22ClNO3/c1-11-9-13-14(10-12(11)17)21-16(2,3)15(19)18(13)7-5-6-8-20-4/h9-10H,5-8H2,1-4H3. The van der Waals surface area contributed by atoms with E-state index in [0.29, 0.717) is 23.9 Å². The zero-order valence-electron chi connectivity index (χ0n) is 13.0. The van der Waals surface area contributed by atoms with Crippen LogP contribution in [0.1, 0.15) is 32.3 Å². The minimum atomic E-state index is -0.868. The second-order valence-corrected chi connectivity index (χ2v) is 6.25. The molecule has 0 spiro atoms. The third-order valence-corrected chi connectivity index (χ3v) is 4.04. The molecule has 4 nitrogen and oxygen atoms in total. The highest BCUT2D eigenvalue weighted by Crippen LogP contribution is 2.40. The van der Waals surface area contributed by atoms with Gasteiger partial charge in [0.1, 0.15) is 5.75 Å². The SMILES string of the molecule is COCCCCN1C(=O)C(C)(C)Oc2cc(Cl)c(C)cc21. The Balaban J connectivity index is 2.30. The van der Waals surface area contributed by atoms with Crippen molar-refractivity contribution in [1.82, 2.24) is 0 Å². The van der Waals surface area contributed by atoms with Gasteiger partial charge in [-0.3, -0.25) is 4.79 Å². The number of halogens is 1. The number of anilines is 1. The number of hydrogen-bond acceptors (Lipinski definition) is 3. The largest absolute Gasteiger partial charge is 0.476 e. The molecule has 0 saturated heterocycles. The van der Waals surface area contributed by atoms with Crippen molar-refractivity contribution in [2.24, 2.45) is 0 Å². The Morgan fingerprint density at radius 2 is 2.05 bits per heavy atom. The van der Waals surface area contributed by atoms with E-state index in [1.165, 1.54) is 0 Å². The van der Waals surface area contributed by atoms with Crippen LogP contribution in [0.5, 0.6) is 5.75 Å². The summed E-state index contributed by atoms with van der Waals surface area (Å²) >= 11 is 6.17. The number of aryl methyl sites for hydroxylation is 1. The van der Waals surface area contributed by atoms with Crippen LogP contribution in [0, 0.1) is 6.92 Å². The molecule has 0 atom stereocenters. The van der Waals surface area contributed by atoms with Crippen molar-refractivity contribution in [2.45, 2.75) is 39.2 Å². The lowest BCUT2D eigenvalue weighted by Crippen LogP contribution is -2.52. The molecular weight excluding hydrogens is 290 g/mol. The van der Waals surface area contributed by atoms with E-state index in [0.717, 1.165) is 24.1 Å². The van der Waals surface area contributed by atoms with Gasteiger partial charge in [-0.1, -0.05) is 11.6 Å². The molecule has 2 rings (SSSR count). The number of amides is 1. The van der Waals surface area contributed by atoms with Gasteiger partial charge in [0.15, 0.2) is 5.60 Å². The number of ether oxygens (including phenoxy) is 2. The van der Waals surface area contributed by atoms with Gasteiger partial charge >= 0.3 is 0 Å². The molecule has 0 saturated carbocycles. The van der Waals surface area contributed by atoms with Crippen LogP contribution in [0.3, 0.4) is 0 Å². The maximum atomic E-state index is 12.6. The number of benzene rings is 1. The number of nitrogens with zero attached hydrogens (tertiary/aromatic N) is 1. The van der Waals surface area contributed by atoms with Crippen LogP contribution in [0.25, 0.3) is 0 Å². The van der Waals surface area contributed by atoms with E-state index in [9.17, 15) is 4.79 Å². The average molecular weight is 312 g/mol. The molecule has 0 radical (unpaired) electrons. The van der Waals surface area contributed by atoms with Crippen molar-refractivity contribution in [3.63, 3.8) is 0 Å². The van der Waals surface area contributed by atoms with E-state index in [2.05, 4.69) is 0 Å². The number of methoxy groups -OCH3 is 1. The highest BCUT2D eigenvalue weighted by molar-refractivity contribution is 6.31. The first-order valence-electron chi connectivity index (χ1n) is 7.17. The Hall–Kier alpha value is -1.26. The zero-order chi connectivity index (χ0) is 15.6. The highest BCUT2D eigenvalue weighted by atomic mass is 35.5. The molecule has 1 aromatic rings. The first kappa shape index (κ1) is 16.1. The van der Waals surface area contributed by atoms with Crippen LogP contribution in [0.2, 0.25) is 5.02 Å². The van der Waals surface area contributed by atoms with Crippen molar-refractivity contribution in [2.75, 3.05) is 25.2 Å². The predicted molar refractivity (Wildman–Crippen MR) is 84.4 cm³/mol. The van der Waals surface area contributed by atoms with Gasteiger partial charge in [0.2, 0.25) is 0 Å². The number of rotatable bonds is 5. The summed E-state index contributed by atoms with van der Waals surface area (Å²) in [5.41, 5.74) is 0.874. The number of carbonyl (C=O) groups is 1. The van der Waals surface area contributed by atoms with Crippen LogP contribution in [-0.2, 0) is 9.53 Å². The number of carbonyl (C=O) groups excluding carboxylic acids is 1. The van der Waals surface area contributed by atoms with Gasteiger partial charge in [0.05, 0.1) is 5.69 Å². The summed E-state index contributed by atoms with van der Waals surface area (Å²) in [6, 6.07) is 3.71. The van der Waals surface area contributed by atoms with E-state index in [4.69, 9.17) is 21.1 Å². The van der Waals surface area contributed by atoms with Gasteiger partial charge in [-0.15, -0.1) is 0 Å². The van der Waals surface area contributed by atoms with Gasteiger partial charge in [-0.05, 0) is 45.2 Å². The summed E-state index contributed by atoms with van der Waals surface area (Å²) in [6.45, 7) is 6.86. The smallest absolute Gasteiger partial charge is 0.270 e. The van der Waals surface area contributed by atoms with Crippen LogP contribution in [0.4, 0.5) is 5.69 Å². The van der Waals surface area contributed by atoms with E-state index in [1.54, 1.807) is 31.9 Å². The molecule has 0 aromatic heterocycles. The minimum Gasteiger partial charge on any atom is -0.476 e. The Morgan fingerprint density at radius 1 is 1.33 bits per heavy atom. The van der Waals surface area contributed by atoms with Crippen LogP contribution < -0.4 is 9.64 Å². The first-order chi connectivity index (χ1) is 9.86. The van der Waals surface area contributed by atoms with Gasteiger partial charge in [-0.25, -0.2) is 0 Å². The molecule has 21 heavy (non-hydrogen) atoms. The van der Waals surface area contributed by atoms with Crippen molar-refractivity contribution in [1.29, 1.82) is 0 Å². The molecular formula is C16H22ClNO3. The van der Waals surface area contributed by atoms with E-state index >= 15 is 0 Å². The predicted octanol–water partition coefficient (Wildman–Crippen LogP) is 3.58. The van der Waals surface area contributed by atoms with Crippen LogP contribution >= 0.6 is 11.6 Å².